The molecule has 0 aromatic heterocycles. The smallest absolute Gasteiger partial charge is 0.307 e. The van der Waals surface area contributed by atoms with Gasteiger partial charge in [0.1, 0.15) is 0 Å². The Hall–Kier alpha value is -2.61. The van der Waals surface area contributed by atoms with Crippen molar-refractivity contribution in [2.75, 3.05) is 0 Å². The van der Waals surface area contributed by atoms with Gasteiger partial charge in [0.15, 0.2) is 0 Å². The Morgan fingerprint density at radius 1 is 0.909 bits per heavy atom. The van der Waals surface area contributed by atoms with Gasteiger partial charge in [-0.15, -0.1) is 0 Å². The predicted octanol–water partition coefficient (Wildman–Crippen LogP) is 4.77. The van der Waals surface area contributed by atoms with Crippen LogP contribution in [0.1, 0.15) is 28.7 Å². The molecule has 0 spiro atoms. The molecular weight excluding hydrogens is 272 g/mol. The van der Waals surface area contributed by atoms with Crippen LogP contribution in [0.3, 0.4) is 0 Å². The molecule has 0 unspecified atom stereocenters. The van der Waals surface area contributed by atoms with E-state index in [-0.39, 0.29) is 6.42 Å². The van der Waals surface area contributed by atoms with Crippen LogP contribution in [0.5, 0.6) is 0 Å². The first-order valence-corrected chi connectivity index (χ1v) is 7.29. The fourth-order valence-electron chi connectivity index (χ4n) is 2.16. The van der Waals surface area contributed by atoms with Crippen LogP contribution in [0.2, 0.25) is 0 Å². The van der Waals surface area contributed by atoms with E-state index in [2.05, 4.69) is 62.4 Å². The molecule has 112 valence electrons. The molecule has 0 aliphatic carbocycles. The van der Waals surface area contributed by atoms with Crippen LogP contribution in [0.25, 0.3) is 5.57 Å². The van der Waals surface area contributed by atoms with Crippen molar-refractivity contribution in [1.29, 1.82) is 0 Å². The lowest BCUT2D eigenvalue weighted by Crippen LogP contribution is -1.90. The van der Waals surface area contributed by atoms with Gasteiger partial charge in [0.2, 0.25) is 0 Å². The molecule has 2 heteroatoms. The molecule has 1 N–H and O–H groups in total. The minimum atomic E-state index is -0.822. The molecule has 2 aromatic carbocycles. The predicted molar refractivity (Wildman–Crippen MR) is 90.8 cm³/mol. The molecule has 0 fully saturated rings. The van der Waals surface area contributed by atoms with Gasteiger partial charge in [0.05, 0.1) is 6.42 Å². The SMILES string of the molecule is Cc1ccc(C(=C/C=C/CC(=O)O)c2ccc(C)cc2)cc1. The zero-order valence-electron chi connectivity index (χ0n) is 12.9. The number of benzene rings is 2. The van der Waals surface area contributed by atoms with Crippen LogP contribution in [0.15, 0.2) is 66.8 Å². The summed E-state index contributed by atoms with van der Waals surface area (Å²) < 4.78 is 0. The summed E-state index contributed by atoms with van der Waals surface area (Å²) >= 11 is 0. The first-order valence-electron chi connectivity index (χ1n) is 7.29. The Morgan fingerprint density at radius 3 is 1.77 bits per heavy atom. The lowest BCUT2D eigenvalue weighted by molar-refractivity contribution is -0.136. The van der Waals surface area contributed by atoms with Crippen LogP contribution in [0, 0.1) is 13.8 Å². The third-order valence-corrected chi connectivity index (χ3v) is 3.42. The van der Waals surface area contributed by atoms with Crippen LogP contribution >= 0.6 is 0 Å². The summed E-state index contributed by atoms with van der Waals surface area (Å²) in [6.07, 6.45) is 5.47. The lowest BCUT2D eigenvalue weighted by Gasteiger charge is -2.09. The Labute approximate surface area is 131 Å². The van der Waals surface area contributed by atoms with Crippen molar-refractivity contribution < 1.29 is 9.90 Å². The normalized spacial score (nSPS) is 10.6. The number of carbonyl (C=O) groups is 1. The summed E-state index contributed by atoms with van der Waals surface area (Å²) in [5.41, 5.74) is 5.76. The average Bonchev–Trinajstić information content (AvgIpc) is 2.50. The third kappa shape index (κ3) is 4.45. The van der Waals surface area contributed by atoms with Gasteiger partial charge in [-0.25, -0.2) is 0 Å². The number of rotatable bonds is 5. The highest BCUT2D eigenvalue weighted by atomic mass is 16.4. The fraction of sp³-hybridized carbons (Fsp3) is 0.150. The number of allylic oxidation sites excluding steroid dienone is 2. The first-order chi connectivity index (χ1) is 10.6. The molecule has 2 aromatic rings. The van der Waals surface area contributed by atoms with Gasteiger partial charge in [0, 0.05) is 0 Å². The summed E-state index contributed by atoms with van der Waals surface area (Å²) in [7, 11) is 0. The van der Waals surface area contributed by atoms with E-state index in [0.717, 1.165) is 16.7 Å². The maximum Gasteiger partial charge on any atom is 0.307 e. The second-order valence-corrected chi connectivity index (χ2v) is 5.34. The van der Waals surface area contributed by atoms with Crippen molar-refractivity contribution in [3.63, 3.8) is 0 Å². The molecule has 0 radical (unpaired) electrons. The highest BCUT2D eigenvalue weighted by Crippen LogP contribution is 2.24. The molecule has 0 heterocycles. The third-order valence-electron chi connectivity index (χ3n) is 3.42. The second-order valence-electron chi connectivity index (χ2n) is 5.34. The lowest BCUT2D eigenvalue weighted by atomic mass is 9.96. The highest BCUT2D eigenvalue weighted by Gasteiger charge is 2.04. The van der Waals surface area contributed by atoms with Crippen molar-refractivity contribution in [3.8, 4) is 0 Å². The number of carboxylic acids is 1. The molecule has 0 saturated heterocycles. The van der Waals surface area contributed by atoms with Crippen LogP contribution in [-0.2, 0) is 4.79 Å². The van der Waals surface area contributed by atoms with E-state index in [9.17, 15) is 4.79 Å². The van der Waals surface area contributed by atoms with Gasteiger partial charge in [-0.2, -0.15) is 0 Å². The molecule has 0 saturated carbocycles. The maximum absolute atomic E-state index is 10.6. The number of hydrogen-bond donors (Lipinski definition) is 1. The number of aryl methyl sites for hydroxylation is 2. The molecule has 0 atom stereocenters. The van der Waals surface area contributed by atoms with Crippen molar-refractivity contribution in [2.24, 2.45) is 0 Å². The van der Waals surface area contributed by atoms with Gasteiger partial charge in [0.25, 0.3) is 0 Å². The topological polar surface area (TPSA) is 37.3 Å². The van der Waals surface area contributed by atoms with Gasteiger partial charge in [-0.3, -0.25) is 4.79 Å². The molecule has 0 amide bonds. The Morgan fingerprint density at radius 2 is 1.36 bits per heavy atom. The van der Waals surface area contributed by atoms with Crippen LogP contribution < -0.4 is 0 Å². The maximum atomic E-state index is 10.6. The summed E-state index contributed by atoms with van der Waals surface area (Å²) in [6.45, 7) is 4.12. The average molecular weight is 292 g/mol. The quantitative estimate of drug-likeness (QED) is 0.806. The fourth-order valence-corrected chi connectivity index (χ4v) is 2.16. The van der Waals surface area contributed by atoms with Crippen molar-refractivity contribution in [1.82, 2.24) is 0 Å². The van der Waals surface area contributed by atoms with Gasteiger partial charge >= 0.3 is 5.97 Å². The summed E-state index contributed by atoms with van der Waals surface area (Å²) in [6, 6.07) is 16.7. The standard InChI is InChI=1S/C20H20O2/c1-15-7-11-17(12-8-15)19(5-3-4-6-20(21)22)18-13-9-16(2)10-14-18/h3-5,7-14H,6H2,1-2H3,(H,21,22)/b4-3+. The van der Waals surface area contributed by atoms with E-state index in [1.807, 2.05) is 12.2 Å². The summed E-state index contributed by atoms with van der Waals surface area (Å²) in [5.74, 6) is -0.822. The molecule has 2 rings (SSSR count). The first kappa shape index (κ1) is 15.8. The van der Waals surface area contributed by atoms with Crippen molar-refractivity contribution >= 4 is 11.5 Å². The molecular formula is C20H20O2. The minimum absolute atomic E-state index is 0.0333. The van der Waals surface area contributed by atoms with Crippen molar-refractivity contribution in [3.05, 3.63) is 89.0 Å². The monoisotopic (exact) mass is 292 g/mol. The Kier molecular flexibility index (Phi) is 5.31. The van der Waals surface area contributed by atoms with Gasteiger partial charge in [-0.05, 0) is 30.5 Å². The molecule has 0 aliphatic heterocycles. The summed E-state index contributed by atoms with van der Waals surface area (Å²) in [4.78, 5) is 10.6. The zero-order chi connectivity index (χ0) is 15.9. The van der Waals surface area contributed by atoms with E-state index in [1.165, 1.54) is 11.1 Å². The van der Waals surface area contributed by atoms with Gasteiger partial charge in [-0.1, -0.05) is 77.9 Å². The summed E-state index contributed by atoms with van der Waals surface area (Å²) in [5, 5.41) is 8.70. The van der Waals surface area contributed by atoms with E-state index in [4.69, 9.17) is 5.11 Å². The van der Waals surface area contributed by atoms with E-state index in [1.54, 1.807) is 6.08 Å². The van der Waals surface area contributed by atoms with Crippen LogP contribution in [-0.4, -0.2) is 11.1 Å². The highest BCUT2D eigenvalue weighted by molar-refractivity contribution is 5.81. The zero-order valence-corrected chi connectivity index (χ0v) is 12.9. The van der Waals surface area contributed by atoms with E-state index >= 15 is 0 Å². The molecule has 22 heavy (non-hydrogen) atoms. The van der Waals surface area contributed by atoms with E-state index < -0.39 is 5.97 Å². The second kappa shape index (κ2) is 7.41. The minimum Gasteiger partial charge on any atom is -0.481 e. The molecule has 2 nitrogen and oxygen atoms in total. The Bertz CT molecular complexity index is 642. The van der Waals surface area contributed by atoms with Gasteiger partial charge < -0.3 is 5.11 Å². The van der Waals surface area contributed by atoms with Crippen LogP contribution in [0.4, 0.5) is 0 Å². The number of hydrogen-bond acceptors (Lipinski definition) is 1. The number of carboxylic acid groups (broad SMARTS) is 1. The number of aliphatic carboxylic acids is 1. The molecule has 0 bridgehead atoms. The Balaban J connectivity index is 2.37. The largest absolute Gasteiger partial charge is 0.481 e. The van der Waals surface area contributed by atoms with Crippen molar-refractivity contribution in [2.45, 2.75) is 20.3 Å². The molecule has 0 aliphatic rings. The van der Waals surface area contributed by atoms with E-state index in [0.29, 0.717) is 0 Å².